The lowest BCUT2D eigenvalue weighted by Gasteiger charge is -2.35. The van der Waals surface area contributed by atoms with Crippen molar-refractivity contribution in [1.29, 1.82) is 0 Å². The van der Waals surface area contributed by atoms with Gasteiger partial charge in [-0.2, -0.15) is 0 Å². The van der Waals surface area contributed by atoms with Crippen molar-refractivity contribution in [3.8, 4) is 0 Å². The number of rotatable bonds is 3. The van der Waals surface area contributed by atoms with Gasteiger partial charge in [-0.1, -0.05) is 12.1 Å². The number of carbonyl (C=O) groups is 1. The molecule has 1 amide bonds. The van der Waals surface area contributed by atoms with Gasteiger partial charge in [0.25, 0.3) is 11.5 Å². The Morgan fingerprint density at radius 3 is 2.70 bits per heavy atom. The number of ether oxygens (including phenoxy) is 1. The third kappa shape index (κ3) is 3.76. The van der Waals surface area contributed by atoms with Gasteiger partial charge in [0.2, 0.25) is 0 Å². The lowest BCUT2D eigenvalue weighted by atomic mass is 9.95. The minimum absolute atomic E-state index is 0.0345. The monoisotopic (exact) mass is 369 g/mol. The van der Waals surface area contributed by atoms with Crippen LogP contribution in [0.3, 0.4) is 0 Å². The van der Waals surface area contributed by atoms with E-state index in [1.807, 2.05) is 36.1 Å². The molecule has 2 aromatic rings. The molecule has 2 aliphatic heterocycles. The molecule has 2 aliphatic rings. The van der Waals surface area contributed by atoms with E-state index in [0.29, 0.717) is 24.5 Å². The Morgan fingerprint density at radius 1 is 1.19 bits per heavy atom. The van der Waals surface area contributed by atoms with Crippen molar-refractivity contribution in [2.75, 3.05) is 19.7 Å². The molecule has 3 heterocycles. The third-order valence-corrected chi connectivity index (χ3v) is 5.87. The van der Waals surface area contributed by atoms with E-state index in [9.17, 15) is 9.59 Å². The molecule has 27 heavy (non-hydrogen) atoms. The summed E-state index contributed by atoms with van der Waals surface area (Å²) in [4.78, 5) is 32.0. The number of likely N-dealkylation sites (tertiary alicyclic amines) is 1. The molecule has 0 spiro atoms. The molecule has 0 saturated carbocycles. The number of amides is 1. The second-order valence-corrected chi connectivity index (χ2v) is 7.72. The standard InChI is InChI=1S/C21H27N3O3/c1-15-22-18-7-3-2-6-17(18)20(25)24(15)14-16-9-11-23(12-10-16)21(26)19-8-4-5-13-27-19/h2-3,6-7,16,19H,4-5,8-14H2,1H3. The molecule has 6 nitrogen and oxygen atoms in total. The van der Waals surface area contributed by atoms with Gasteiger partial charge in [0.1, 0.15) is 11.9 Å². The number of benzene rings is 1. The number of nitrogens with zero attached hydrogens (tertiary/aromatic N) is 3. The minimum Gasteiger partial charge on any atom is -0.368 e. The molecule has 1 aromatic heterocycles. The molecule has 0 radical (unpaired) electrons. The fourth-order valence-corrected chi connectivity index (χ4v) is 4.23. The zero-order valence-electron chi connectivity index (χ0n) is 15.9. The Labute approximate surface area is 159 Å². The molecule has 1 aromatic carbocycles. The van der Waals surface area contributed by atoms with Crippen molar-refractivity contribution in [3.05, 3.63) is 40.4 Å². The highest BCUT2D eigenvalue weighted by molar-refractivity contribution is 5.81. The lowest BCUT2D eigenvalue weighted by molar-refractivity contribution is -0.148. The molecule has 6 heteroatoms. The number of aromatic nitrogens is 2. The summed E-state index contributed by atoms with van der Waals surface area (Å²) in [6.07, 6.45) is 4.55. The van der Waals surface area contributed by atoms with Crippen molar-refractivity contribution in [1.82, 2.24) is 14.5 Å². The summed E-state index contributed by atoms with van der Waals surface area (Å²) in [6, 6.07) is 7.50. The van der Waals surface area contributed by atoms with Gasteiger partial charge in [0.05, 0.1) is 10.9 Å². The molecule has 0 N–H and O–H groups in total. The number of para-hydroxylation sites is 1. The topological polar surface area (TPSA) is 64.4 Å². The van der Waals surface area contributed by atoms with E-state index in [4.69, 9.17) is 4.74 Å². The van der Waals surface area contributed by atoms with Crippen molar-refractivity contribution in [2.45, 2.75) is 51.7 Å². The van der Waals surface area contributed by atoms with Crippen LogP contribution in [0.15, 0.2) is 29.1 Å². The summed E-state index contributed by atoms with van der Waals surface area (Å²) in [5.41, 5.74) is 0.788. The predicted molar refractivity (Wildman–Crippen MR) is 104 cm³/mol. The Hall–Kier alpha value is -2.21. The van der Waals surface area contributed by atoms with Crippen LogP contribution in [0.2, 0.25) is 0 Å². The molecule has 2 saturated heterocycles. The fraction of sp³-hybridized carbons (Fsp3) is 0.571. The average Bonchev–Trinajstić information content (AvgIpc) is 2.72. The van der Waals surface area contributed by atoms with Crippen LogP contribution in [0.4, 0.5) is 0 Å². The van der Waals surface area contributed by atoms with E-state index in [1.165, 1.54) is 0 Å². The molecule has 0 aliphatic carbocycles. The smallest absolute Gasteiger partial charge is 0.261 e. The van der Waals surface area contributed by atoms with Gasteiger partial charge >= 0.3 is 0 Å². The SMILES string of the molecule is Cc1nc2ccccc2c(=O)n1CC1CCN(C(=O)C2CCCCO2)CC1. The largest absolute Gasteiger partial charge is 0.368 e. The summed E-state index contributed by atoms with van der Waals surface area (Å²) in [7, 11) is 0. The van der Waals surface area contributed by atoms with Crippen LogP contribution >= 0.6 is 0 Å². The van der Waals surface area contributed by atoms with Crippen LogP contribution in [-0.4, -0.2) is 46.2 Å². The first-order valence-electron chi connectivity index (χ1n) is 10.00. The van der Waals surface area contributed by atoms with E-state index in [0.717, 1.165) is 56.5 Å². The van der Waals surface area contributed by atoms with Crippen molar-refractivity contribution in [2.24, 2.45) is 5.92 Å². The zero-order valence-corrected chi connectivity index (χ0v) is 15.9. The highest BCUT2D eigenvalue weighted by Crippen LogP contribution is 2.22. The molecule has 1 unspecified atom stereocenters. The van der Waals surface area contributed by atoms with Crippen molar-refractivity contribution < 1.29 is 9.53 Å². The zero-order chi connectivity index (χ0) is 18.8. The van der Waals surface area contributed by atoms with E-state index in [1.54, 1.807) is 4.57 Å². The number of piperidine rings is 1. The third-order valence-electron chi connectivity index (χ3n) is 5.87. The Morgan fingerprint density at radius 2 is 1.96 bits per heavy atom. The summed E-state index contributed by atoms with van der Waals surface area (Å²) >= 11 is 0. The number of aryl methyl sites for hydroxylation is 1. The van der Waals surface area contributed by atoms with Crippen LogP contribution in [0.1, 0.15) is 37.9 Å². The molecule has 2 fully saturated rings. The van der Waals surface area contributed by atoms with E-state index >= 15 is 0 Å². The Balaban J connectivity index is 1.41. The second-order valence-electron chi connectivity index (χ2n) is 7.72. The Kier molecular flexibility index (Phi) is 5.25. The first-order valence-corrected chi connectivity index (χ1v) is 10.00. The second kappa shape index (κ2) is 7.80. The molecule has 144 valence electrons. The maximum absolute atomic E-state index is 12.8. The number of fused-ring (bicyclic) bond motifs is 1. The van der Waals surface area contributed by atoms with Crippen LogP contribution < -0.4 is 5.56 Å². The van der Waals surface area contributed by atoms with E-state index < -0.39 is 0 Å². The fourth-order valence-electron chi connectivity index (χ4n) is 4.23. The Bertz CT molecular complexity index is 878. The normalized spacial score (nSPS) is 21.5. The van der Waals surface area contributed by atoms with Gasteiger partial charge in [-0.15, -0.1) is 0 Å². The van der Waals surface area contributed by atoms with Crippen molar-refractivity contribution in [3.63, 3.8) is 0 Å². The maximum Gasteiger partial charge on any atom is 0.261 e. The molecule has 1 atom stereocenters. The predicted octanol–water partition coefficient (Wildman–Crippen LogP) is 2.51. The van der Waals surface area contributed by atoms with Crippen LogP contribution in [0.25, 0.3) is 10.9 Å². The summed E-state index contributed by atoms with van der Waals surface area (Å²) in [5, 5.41) is 0.671. The van der Waals surface area contributed by atoms with Gasteiger partial charge < -0.3 is 9.64 Å². The van der Waals surface area contributed by atoms with E-state index in [2.05, 4.69) is 4.98 Å². The summed E-state index contributed by atoms with van der Waals surface area (Å²) in [6.45, 7) is 4.76. The minimum atomic E-state index is -0.246. The average molecular weight is 369 g/mol. The number of carbonyl (C=O) groups excluding carboxylic acids is 1. The van der Waals surface area contributed by atoms with Crippen LogP contribution in [0, 0.1) is 12.8 Å². The number of hydrogen-bond acceptors (Lipinski definition) is 4. The first-order chi connectivity index (χ1) is 13.1. The van der Waals surface area contributed by atoms with Gasteiger partial charge in [-0.05, 0) is 57.1 Å². The summed E-state index contributed by atoms with van der Waals surface area (Å²) in [5.74, 6) is 1.29. The highest BCUT2D eigenvalue weighted by Gasteiger charge is 2.30. The highest BCUT2D eigenvalue weighted by atomic mass is 16.5. The lowest BCUT2D eigenvalue weighted by Crippen LogP contribution is -2.46. The summed E-state index contributed by atoms with van der Waals surface area (Å²) < 4.78 is 7.44. The van der Waals surface area contributed by atoms with Crippen LogP contribution in [0.5, 0.6) is 0 Å². The molecule has 0 bridgehead atoms. The van der Waals surface area contributed by atoms with Gasteiger partial charge in [0.15, 0.2) is 0 Å². The van der Waals surface area contributed by atoms with Gasteiger partial charge in [-0.25, -0.2) is 4.98 Å². The van der Waals surface area contributed by atoms with Crippen LogP contribution in [-0.2, 0) is 16.1 Å². The van der Waals surface area contributed by atoms with Gasteiger partial charge in [-0.3, -0.25) is 14.2 Å². The molecular weight excluding hydrogens is 342 g/mol. The maximum atomic E-state index is 12.8. The number of hydrogen-bond donors (Lipinski definition) is 0. The first kappa shape index (κ1) is 18.2. The van der Waals surface area contributed by atoms with E-state index in [-0.39, 0.29) is 17.6 Å². The molecular formula is C21H27N3O3. The van der Waals surface area contributed by atoms with Gasteiger partial charge in [0, 0.05) is 26.2 Å². The quantitative estimate of drug-likeness (QED) is 0.834. The molecule has 4 rings (SSSR count). The van der Waals surface area contributed by atoms with Crippen molar-refractivity contribution >= 4 is 16.8 Å².